The third-order valence-electron chi connectivity index (χ3n) is 2.90. The first kappa shape index (κ1) is 16.1. The molecule has 0 saturated carbocycles. The minimum atomic E-state index is -4.66. The van der Waals surface area contributed by atoms with Crippen LogP contribution in [0.15, 0.2) is 24.3 Å². The second kappa shape index (κ2) is 6.01. The first-order valence-corrected chi connectivity index (χ1v) is 6.27. The molecule has 1 atom stereocenters. The van der Waals surface area contributed by atoms with Crippen LogP contribution >= 0.6 is 11.6 Å². The molecular weight excluding hydrogens is 279 g/mol. The van der Waals surface area contributed by atoms with Crippen molar-refractivity contribution >= 4 is 11.6 Å². The Hall–Kier alpha value is -0.940. The van der Waals surface area contributed by atoms with Crippen molar-refractivity contribution in [3.8, 4) is 5.75 Å². The van der Waals surface area contributed by atoms with Gasteiger partial charge < -0.3 is 10.1 Å². The summed E-state index contributed by atoms with van der Waals surface area (Å²) < 4.78 is 39.8. The summed E-state index contributed by atoms with van der Waals surface area (Å²) in [7, 11) is 0. The third kappa shape index (κ3) is 5.70. The number of hydrogen-bond acceptors (Lipinski definition) is 2. The summed E-state index contributed by atoms with van der Waals surface area (Å²) in [5.74, 6) is -0.221. The molecule has 1 N–H and O–H groups in total. The molecule has 1 aromatic rings. The highest BCUT2D eigenvalue weighted by Gasteiger charge is 2.31. The fourth-order valence-corrected chi connectivity index (χ4v) is 1.36. The predicted molar refractivity (Wildman–Crippen MR) is 69.4 cm³/mol. The molecule has 108 valence electrons. The summed E-state index contributed by atoms with van der Waals surface area (Å²) in [5, 5.41) is 3.18. The van der Waals surface area contributed by atoms with Gasteiger partial charge in [-0.15, -0.1) is 24.8 Å². The van der Waals surface area contributed by atoms with Gasteiger partial charge in [-0.1, -0.05) is 12.1 Å². The van der Waals surface area contributed by atoms with Gasteiger partial charge >= 0.3 is 6.36 Å². The highest BCUT2D eigenvalue weighted by atomic mass is 35.5. The Labute approximate surface area is 115 Å². The van der Waals surface area contributed by atoms with Crippen LogP contribution < -0.4 is 10.1 Å². The van der Waals surface area contributed by atoms with Gasteiger partial charge in [0.25, 0.3) is 0 Å². The van der Waals surface area contributed by atoms with Crippen LogP contribution in [0, 0.1) is 0 Å². The molecule has 0 radical (unpaired) electrons. The molecular formula is C13H17ClF3NO. The van der Waals surface area contributed by atoms with E-state index in [1.54, 1.807) is 12.1 Å². The molecule has 2 nitrogen and oxygen atoms in total. The Balaban J connectivity index is 2.58. The van der Waals surface area contributed by atoms with E-state index in [1.807, 2.05) is 20.8 Å². The first-order chi connectivity index (χ1) is 8.60. The van der Waals surface area contributed by atoms with Gasteiger partial charge in [-0.05, 0) is 38.5 Å². The SMILES string of the molecule is CC(Cl)C(C)(C)NCc1ccc(OC(F)(F)F)cc1. The smallest absolute Gasteiger partial charge is 0.406 e. The van der Waals surface area contributed by atoms with Crippen molar-refractivity contribution in [2.24, 2.45) is 0 Å². The molecule has 0 aliphatic carbocycles. The Bertz CT molecular complexity index is 401. The van der Waals surface area contributed by atoms with Gasteiger partial charge in [0.15, 0.2) is 0 Å². The van der Waals surface area contributed by atoms with Crippen LogP contribution in [0.25, 0.3) is 0 Å². The van der Waals surface area contributed by atoms with Crippen molar-refractivity contribution < 1.29 is 17.9 Å². The van der Waals surface area contributed by atoms with Crippen LogP contribution in [0.2, 0.25) is 0 Å². The van der Waals surface area contributed by atoms with E-state index in [0.29, 0.717) is 6.54 Å². The van der Waals surface area contributed by atoms with E-state index in [-0.39, 0.29) is 16.7 Å². The van der Waals surface area contributed by atoms with Gasteiger partial charge in [-0.25, -0.2) is 0 Å². The number of nitrogens with one attached hydrogen (secondary N) is 1. The molecule has 1 aromatic carbocycles. The summed E-state index contributed by atoms with van der Waals surface area (Å²) >= 11 is 6.03. The molecule has 6 heteroatoms. The number of hydrogen-bond donors (Lipinski definition) is 1. The summed E-state index contributed by atoms with van der Waals surface area (Å²) in [6.45, 7) is 6.34. The highest BCUT2D eigenvalue weighted by Crippen LogP contribution is 2.23. The minimum absolute atomic E-state index is 0.0691. The molecule has 19 heavy (non-hydrogen) atoms. The van der Waals surface area contributed by atoms with Crippen LogP contribution in [0.3, 0.4) is 0 Å². The second-order valence-electron chi connectivity index (χ2n) is 4.88. The normalized spacial score (nSPS) is 14.3. The molecule has 0 aliphatic rings. The standard InChI is InChI=1S/C13H17ClF3NO/c1-9(14)12(2,3)18-8-10-4-6-11(7-5-10)19-13(15,16)17/h4-7,9,18H,8H2,1-3H3. The topological polar surface area (TPSA) is 21.3 Å². The van der Waals surface area contributed by atoms with Gasteiger partial charge in [-0.3, -0.25) is 0 Å². The average Bonchev–Trinajstić information content (AvgIpc) is 2.26. The van der Waals surface area contributed by atoms with Crippen molar-refractivity contribution in [3.05, 3.63) is 29.8 Å². The zero-order valence-electron chi connectivity index (χ0n) is 11.0. The molecule has 0 fully saturated rings. The van der Waals surface area contributed by atoms with Crippen LogP contribution in [0.1, 0.15) is 26.3 Å². The first-order valence-electron chi connectivity index (χ1n) is 5.84. The number of rotatable bonds is 5. The van der Waals surface area contributed by atoms with Gasteiger partial charge in [0.1, 0.15) is 5.75 Å². The van der Waals surface area contributed by atoms with Crippen LogP contribution in [-0.2, 0) is 6.54 Å². The maximum atomic E-state index is 12.0. The van der Waals surface area contributed by atoms with E-state index >= 15 is 0 Å². The molecule has 1 unspecified atom stereocenters. The van der Waals surface area contributed by atoms with Crippen molar-refractivity contribution in [2.45, 2.75) is 44.6 Å². The van der Waals surface area contributed by atoms with E-state index in [1.165, 1.54) is 12.1 Å². The molecule has 0 heterocycles. The largest absolute Gasteiger partial charge is 0.573 e. The van der Waals surface area contributed by atoms with E-state index in [0.717, 1.165) is 5.56 Å². The average molecular weight is 296 g/mol. The molecule has 0 saturated heterocycles. The monoisotopic (exact) mass is 295 g/mol. The van der Waals surface area contributed by atoms with E-state index in [9.17, 15) is 13.2 Å². The molecule has 0 aliphatic heterocycles. The van der Waals surface area contributed by atoms with Crippen molar-refractivity contribution in [1.82, 2.24) is 5.32 Å². The summed E-state index contributed by atoms with van der Waals surface area (Å²) in [4.78, 5) is 0. The van der Waals surface area contributed by atoms with E-state index in [4.69, 9.17) is 11.6 Å². The maximum Gasteiger partial charge on any atom is 0.573 e. The van der Waals surface area contributed by atoms with Crippen molar-refractivity contribution in [3.63, 3.8) is 0 Å². The molecule has 0 amide bonds. The number of ether oxygens (including phenoxy) is 1. The van der Waals surface area contributed by atoms with E-state index in [2.05, 4.69) is 10.1 Å². The number of benzene rings is 1. The lowest BCUT2D eigenvalue weighted by Gasteiger charge is -2.29. The fourth-order valence-electron chi connectivity index (χ4n) is 1.28. The summed E-state index contributed by atoms with van der Waals surface area (Å²) in [6.07, 6.45) is -4.66. The molecule has 1 rings (SSSR count). The van der Waals surface area contributed by atoms with Crippen LogP contribution in [0.4, 0.5) is 13.2 Å². The minimum Gasteiger partial charge on any atom is -0.406 e. The fraction of sp³-hybridized carbons (Fsp3) is 0.538. The van der Waals surface area contributed by atoms with Gasteiger partial charge in [-0.2, -0.15) is 0 Å². The Morgan fingerprint density at radius 3 is 2.16 bits per heavy atom. The zero-order chi connectivity index (χ0) is 14.7. The number of alkyl halides is 4. The second-order valence-corrected chi connectivity index (χ2v) is 5.54. The van der Waals surface area contributed by atoms with Crippen molar-refractivity contribution in [2.75, 3.05) is 0 Å². The molecule has 0 aromatic heterocycles. The Morgan fingerprint density at radius 2 is 1.74 bits per heavy atom. The Morgan fingerprint density at radius 1 is 1.21 bits per heavy atom. The lowest BCUT2D eigenvalue weighted by molar-refractivity contribution is -0.274. The zero-order valence-corrected chi connectivity index (χ0v) is 11.8. The van der Waals surface area contributed by atoms with Crippen molar-refractivity contribution in [1.29, 1.82) is 0 Å². The maximum absolute atomic E-state index is 12.0. The number of halogens is 4. The van der Waals surface area contributed by atoms with Gasteiger partial charge in [0.2, 0.25) is 0 Å². The molecule has 0 spiro atoms. The summed E-state index contributed by atoms with van der Waals surface area (Å²) in [5.41, 5.74) is 0.600. The van der Waals surface area contributed by atoms with Gasteiger partial charge in [0, 0.05) is 17.5 Å². The quantitative estimate of drug-likeness (QED) is 0.827. The summed E-state index contributed by atoms with van der Waals surface area (Å²) in [6, 6.07) is 5.76. The van der Waals surface area contributed by atoms with Crippen LogP contribution in [-0.4, -0.2) is 17.3 Å². The highest BCUT2D eigenvalue weighted by molar-refractivity contribution is 6.21. The van der Waals surface area contributed by atoms with Crippen LogP contribution in [0.5, 0.6) is 5.75 Å². The third-order valence-corrected chi connectivity index (χ3v) is 3.45. The lowest BCUT2D eigenvalue weighted by Crippen LogP contribution is -2.45. The van der Waals surface area contributed by atoms with E-state index < -0.39 is 6.36 Å². The predicted octanol–water partition coefficient (Wildman–Crippen LogP) is 4.08. The molecule has 0 bridgehead atoms. The Kier molecular flexibility index (Phi) is 5.10. The van der Waals surface area contributed by atoms with Gasteiger partial charge in [0.05, 0.1) is 0 Å². The lowest BCUT2D eigenvalue weighted by atomic mass is 10.0.